The first-order chi connectivity index (χ1) is 8.91. The summed E-state index contributed by atoms with van der Waals surface area (Å²) in [5.41, 5.74) is 0.676. The van der Waals surface area contributed by atoms with Crippen LogP contribution in [0.2, 0.25) is 0 Å². The highest BCUT2D eigenvalue weighted by Gasteiger charge is 2.31. The Morgan fingerprint density at radius 2 is 2.11 bits per heavy atom. The Labute approximate surface area is 113 Å². The first-order valence-corrected chi connectivity index (χ1v) is 6.87. The summed E-state index contributed by atoms with van der Waals surface area (Å²) in [5.74, 6) is 1.91. The van der Waals surface area contributed by atoms with E-state index < -0.39 is 0 Å². The highest BCUT2D eigenvalue weighted by Crippen LogP contribution is 2.37. The van der Waals surface area contributed by atoms with E-state index in [4.69, 9.17) is 0 Å². The summed E-state index contributed by atoms with van der Waals surface area (Å²) in [4.78, 5) is 10.9. The number of aryl methyl sites for hydroxylation is 1. The van der Waals surface area contributed by atoms with Gasteiger partial charge in [0, 0.05) is 19.5 Å². The normalized spacial score (nSPS) is 16.7. The van der Waals surface area contributed by atoms with Crippen LogP contribution in [-0.2, 0) is 7.05 Å². The maximum absolute atomic E-state index is 11.3. The first kappa shape index (κ1) is 13.8. The van der Waals surface area contributed by atoms with Gasteiger partial charge in [0.2, 0.25) is 5.82 Å². The van der Waals surface area contributed by atoms with Gasteiger partial charge in [-0.1, -0.05) is 20.8 Å². The van der Waals surface area contributed by atoms with Gasteiger partial charge in [0.25, 0.3) is 0 Å². The molecule has 1 aliphatic rings. The molecule has 106 valence electrons. The van der Waals surface area contributed by atoms with Gasteiger partial charge in [0.15, 0.2) is 0 Å². The standard InChI is InChI=1S/C13H22N4O2/c1-8(2)11-12(17(18)19)13(16(4)15-11)14-7-9(3)10-5-6-10/h8-10,14H,5-7H2,1-4H3. The van der Waals surface area contributed by atoms with Crippen molar-refractivity contribution >= 4 is 11.5 Å². The van der Waals surface area contributed by atoms with E-state index in [1.165, 1.54) is 12.8 Å². The van der Waals surface area contributed by atoms with E-state index in [1.54, 1.807) is 11.7 Å². The molecule has 2 rings (SSSR count). The lowest BCUT2D eigenvalue weighted by atomic mass is 10.1. The smallest absolute Gasteiger partial charge is 0.334 e. The summed E-state index contributed by atoms with van der Waals surface area (Å²) in [5, 5.41) is 18.8. The van der Waals surface area contributed by atoms with Gasteiger partial charge in [-0.3, -0.25) is 10.1 Å². The topological polar surface area (TPSA) is 73.0 Å². The number of anilines is 1. The molecular formula is C13H22N4O2. The van der Waals surface area contributed by atoms with Crippen molar-refractivity contribution in [3.63, 3.8) is 0 Å². The van der Waals surface area contributed by atoms with Crippen molar-refractivity contribution in [3.05, 3.63) is 15.8 Å². The predicted octanol–water partition coefficient (Wildman–Crippen LogP) is 2.91. The van der Waals surface area contributed by atoms with Crippen molar-refractivity contribution in [2.24, 2.45) is 18.9 Å². The molecular weight excluding hydrogens is 244 g/mol. The molecule has 0 radical (unpaired) electrons. The average Bonchev–Trinajstić information content (AvgIpc) is 3.10. The zero-order valence-corrected chi connectivity index (χ0v) is 12.0. The number of nitrogens with one attached hydrogen (secondary N) is 1. The van der Waals surface area contributed by atoms with Crippen LogP contribution in [-0.4, -0.2) is 21.2 Å². The molecule has 0 aromatic carbocycles. The van der Waals surface area contributed by atoms with Gasteiger partial charge in [-0.05, 0) is 24.7 Å². The predicted molar refractivity (Wildman–Crippen MR) is 74.3 cm³/mol. The second-order valence-corrected chi connectivity index (χ2v) is 5.81. The third kappa shape index (κ3) is 2.88. The summed E-state index contributed by atoms with van der Waals surface area (Å²) in [6, 6.07) is 0. The van der Waals surface area contributed by atoms with Crippen LogP contribution < -0.4 is 5.32 Å². The van der Waals surface area contributed by atoms with Crippen LogP contribution in [0.1, 0.15) is 45.2 Å². The third-order valence-corrected chi connectivity index (χ3v) is 3.80. The molecule has 1 saturated carbocycles. The van der Waals surface area contributed by atoms with Crippen LogP contribution in [0.3, 0.4) is 0 Å². The summed E-state index contributed by atoms with van der Waals surface area (Å²) >= 11 is 0. The van der Waals surface area contributed by atoms with E-state index in [0.29, 0.717) is 17.4 Å². The molecule has 6 nitrogen and oxygen atoms in total. The summed E-state index contributed by atoms with van der Waals surface area (Å²) in [7, 11) is 1.75. The molecule has 0 saturated heterocycles. The number of hydrogen-bond acceptors (Lipinski definition) is 4. The van der Waals surface area contributed by atoms with Crippen LogP contribution in [0.25, 0.3) is 0 Å². The van der Waals surface area contributed by atoms with Crippen molar-refractivity contribution in [2.45, 2.75) is 39.5 Å². The summed E-state index contributed by atoms with van der Waals surface area (Å²) in [6.45, 7) is 6.80. The van der Waals surface area contributed by atoms with Gasteiger partial charge in [0.1, 0.15) is 5.69 Å². The maximum atomic E-state index is 11.3. The minimum absolute atomic E-state index is 0.0444. The Kier molecular flexibility index (Phi) is 3.78. The van der Waals surface area contributed by atoms with Gasteiger partial charge < -0.3 is 5.32 Å². The summed E-state index contributed by atoms with van der Waals surface area (Å²) in [6.07, 6.45) is 2.57. The number of nitro groups is 1. The fraction of sp³-hybridized carbons (Fsp3) is 0.769. The number of rotatable bonds is 6. The Hall–Kier alpha value is -1.59. The van der Waals surface area contributed by atoms with Gasteiger partial charge in [0.05, 0.1) is 4.92 Å². The molecule has 19 heavy (non-hydrogen) atoms. The first-order valence-electron chi connectivity index (χ1n) is 6.87. The molecule has 1 heterocycles. The number of hydrogen-bond donors (Lipinski definition) is 1. The van der Waals surface area contributed by atoms with E-state index in [0.717, 1.165) is 12.5 Å². The number of aromatic nitrogens is 2. The molecule has 1 fully saturated rings. The summed E-state index contributed by atoms with van der Waals surface area (Å²) < 4.78 is 1.59. The molecule has 1 unspecified atom stereocenters. The lowest BCUT2D eigenvalue weighted by Gasteiger charge is -2.12. The molecule has 1 N–H and O–H groups in total. The molecule has 1 aromatic heterocycles. The minimum Gasteiger partial charge on any atom is -0.364 e. The van der Waals surface area contributed by atoms with Crippen molar-refractivity contribution in [1.82, 2.24) is 9.78 Å². The van der Waals surface area contributed by atoms with Gasteiger partial charge in [-0.25, -0.2) is 4.68 Å². The van der Waals surface area contributed by atoms with Crippen molar-refractivity contribution in [3.8, 4) is 0 Å². The molecule has 0 spiro atoms. The Morgan fingerprint density at radius 1 is 1.47 bits per heavy atom. The largest absolute Gasteiger partial charge is 0.364 e. The Morgan fingerprint density at radius 3 is 2.58 bits per heavy atom. The maximum Gasteiger partial charge on any atom is 0.334 e. The molecule has 0 bridgehead atoms. The lowest BCUT2D eigenvalue weighted by Crippen LogP contribution is -2.15. The molecule has 6 heteroatoms. The zero-order valence-electron chi connectivity index (χ0n) is 12.0. The SMILES string of the molecule is CC(C)c1nn(C)c(NCC(C)C2CC2)c1[N+](=O)[O-]. The molecule has 0 aliphatic heterocycles. The zero-order chi connectivity index (χ0) is 14.2. The van der Waals surface area contributed by atoms with E-state index in [2.05, 4.69) is 17.3 Å². The third-order valence-electron chi connectivity index (χ3n) is 3.80. The molecule has 1 aromatic rings. The lowest BCUT2D eigenvalue weighted by molar-refractivity contribution is -0.384. The van der Waals surface area contributed by atoms with Gasteiger partial charge in [-0.15, -0.1) is 0 Å². The molecule has 1 aliphatic carbocycles. The minimum atomic E-state index is -0.327. The molecule has 1 atom stereocenters. The second kappa shape index (κ2) is 5.19. The second-order valence-electron chi connectivity index (χ2n) is 5.81. The quantitative estimate of drug-likeness (QED) is 0.634. The average molecular weight is 266 g/mol. The van der Waals surface area contributed by atoms with E-state index in [-0.39, 0.29) is 16.5 Å². The van der Waals surface area contributed by atoms with E-state index in [1.807, 2.05) is 13.8 Å². The van der Waals surface area contributed by atoms with Crippen molar-refractivity contribution < 1.29 is 4.92 Å². The fourth-order valence-electron chi connectivity index (χ4n) is 2.39. The van der Waals surface area contributed by atoms with Crippen LogP contribution in [0.4, 0.5) is 11.5 Å². The fourth-order valence-corrected chi connectivity index (χ4v) is 2.39. The highest BCUT2D eigenvalue weighted by molar-refractivity contribution is 5.60. The van der Waals surface area contributed by atoms with Crippen molar-refractivity contribution in [2.75, 3.05) is 11.9 Å². The molecule has 0 amide bonds. The van der Waals surface area contributed by atoms with E-state index >= 15 is 0 Å². The van der Waals surface area contributed by atoms with Crippen LogP contribution in [0, 0.1) is 22.0 Å². The number of nitrogens with zero attached hydrogens (tertiary/aromatic N) is 3. The van der Waals surface area contributed by atoms with Crippen LogP contribution >= 0.6 is 0 Å². The van der Waals surface area contributed by atoms with E-state index in [9.17, 15) is 10.1 Å². The Balaban J connectivity index is 2.20. The van der Waals surface area contributed by atoms with Crippen LogP contribution in [0.15, 0.2) is 0 Å². The monoisotopic (exact) mass is 266 g/mol. The van der Waals surface area contributed by atoms with Gasteiger partial charge in [-0.2, -0.15) is 5.10 Å². The highest BCUT2D eigenvalue weighted by atomic mass is 16.6. The van der Waals surface area contributed by atoms with Crippen molar-refractivity contribution in [1.29, 1.82) is 0 Å². The van der Waals surface area contributed by atoms with Crippen LogP contribution in [0.5, 0.6) is 0 Å². The van der Waals surface area contributed by atoms with Gasteiger partial charge >= 0.3 is 5.69 Å². The Bertz CT molecular complexity index is 477.